The lowest BCUT2D eigenvalue weighted by atomic mass is 10.00. The Morgan fingerprint density at radius 2 is 1.82 bits per heavy atom. The van der Waals surface area contributed by atoms with E-state index in [-0.39, 0.29) is 22.7 Å². The molecule has 0 amide bonds. The number of pyridine rings is 1. The molecule has 1 N–H and O–H groups in total. The second-order valence-corrected chi connectivity index (χ2v) is 10.5. The van der Waals surface area contributed by atoms with E-state index in [4.69, 9.17) is 13.7 Å². The van der Waals surface area contributed by atoms with Crippen LogP contribution in [-0.4, -0.2) is 41.6 Å². The molecular formula is C27H25N3O7S. The van der Waals surface area contributed by atoms with Gasteiger partial charge in [-0.2, -0.15) is 0 Å². The van der Waals surface area contributed by atoms with Gasteiger partial charge in [-0.1, -0.05) is 17.3 Å². The number of sulfone groups is 1. The Hall–Kier alpha value is -4.40. The Kier molecular flexibility index (Phi) is 7.13. The molecule has 3 heterocycles. The van der Waals surface area contributed by atoms with Crippen LogP contribution in [0.15, 0.2) is 55.0 Å². The lowest BCUT2D eigenvalue weighted by Gasteiger charge is -2.12. The number of aliphatic hydroxyl groups excluding tert-OH is 1. The topological polar surface area (TPSA) is 138 Å². The first kappa shape index (κ1) is 26.7. The van der Waals surface area contributed by atoms with Crippen molar-refractivity contribution in [2.75, 3.05) is 13.4 Å². The first-order chi connectivity index (χ1) is 18.1. The number of hydrogen-bond donors (Lipinski definition) is 1. The molecule has 0 atom stereocenters. The second-order valence-electron chi connectivity index (χ2n) is 8.53. The van der Waals surface area contributed by atoms with Crippen molar-refractivity contribution in [1.82, 2.24) is 14.7 Å². The summed E-state index contributed by atoms with van der Waals surface area (Å²) in [7, 11) is -1.80. The fourth-order valence-corrected chi connectivity index (χ4v) is 5.05. The van der Waals surface area contributed by atoms with Crippen molar-refractivity contribution in [3.8, 4) is 29.7 Å². The molecule has 11 heteroatoms. The predicted octanol–water partition coefficient (Wildman–Crippen LogP) is 3.62. The highest BCUT2D eigenvalue weighted by Gasteiger charge is 2.23. The molecular weight excluding hydrogens is 510 g/mol. The van der Waals surface area contributed by atoms with Crippen LogP contribution in [0.4, 0.5) is 0 Å². The molecule has 0 spiro atoms. The molecule has 196 valence electrons. The van der Waals surface area contributed by atoms with Crippen molar-refractivity contribution in [3.05, 3.63) is 69.7 Å². The molecule has 0 saturated heterocycles. The molecule has 0 radical (unpaired) electrons. The molecule has 0 aliphatic heterocycles. The van der Waals surface area contributed by atoms with E-state index >= 15 is 0 Å². The van der Waals surface area contributed by atoms with E-state index in [1.54, 1.807) is 32.2 Å². The molecule has 0 fully saturated rings. The summed E-state index contributed by atoms with van der Waals surface area (Å²) in [4.78, 5) is 17.7. The predicted molar refractivity (Wildman–Crippen MR) is 142 cm³/mol. The van der Waals surface area contributed by atoms with Crippen LogP contribution in [-0.2, 0) is 23.0 Å². The van der Waals surface area contributed by atoms with Gasteiger partial charge in [-0.25, -0.2) is 18.2 Å². The van der Waals surface area contributed by atoms with Crippen LogP contribution in [0.25, 0.3) is 33.1 Å². The first-order valence-corrected chi connectivity index (χ1v) is 13.2. The second kappa shape index (κ2) is 10.2. The quantitative estimate of drug-likeness (QED) is 0.323. The third-order valence-corrected chi connectivity index (χ3v) is 7.26. The number of aliphatic hydroxyl groups is 1. The summed E-state index contributed by atoms with van der Waals surface area (Å²) in [6.07, 6.45) is 9.13. The number of terminal acetylenes is 1. The maximum atomic E-state index is 12.9. The number of ether oxygens (including phenoxy) is 1. The van der Waals surface area contributed by atoms with Crippen LogP contribution in [0.1, 0.15) is 22.7 Å². The van der Waals surface area contributed by atoms with Crippen molar-refractivity contribution >= 4 is 31.8 Å². The SMILES string of the molecule is C#C.COc1cc2c(cc1-c1c(C)noc1C)nc(CO)c1oc(=O)n(Cc3ccc(S(C)(=O)=O)cc3)c12. The zero-order chi connectivity index (χ0) is 27.8. The molecule has 0 bridgehead atoms. The highest BCUT2D eigenvalue weighted by molar-refractivity contribution is 7.90. The summed E-state index contributed by atoms with van der Waals surface area (Å²) in [5.41, 5.74) is 4.23. The fourth-order valence-electron chi connectivity index (χ4n) is 4.42. The standard InChI is InChI=1S/C25H23N3O7S.C2H2/c1-13-22(14(2)35-27-13)18-9-19-17(10-21(18)33-3)23-24(20(12-29)26-19)34-25(30)28(23)11-15-5-7-16(8-6-15)36(4,31)32;1-2/h5-10,29H,11-12H2,1-4H3;1-2H. The van der Waals surface area contributed by atoms with E-state index in [1.165, 1.54) is 16.7 Å². The van der Waals surface area contributed by atoms with Gasteiger partial charge in [0.2, 0.25) is 0 Å². The maximum absolute atomic E-state index is 12.9. The van der Waals surface area contributed by atoms with Gasteiger partial charge in [0.15, 0.2) is 15.4 Å². The number of hydrogen-bond acceptors (Lipinski definition) is 9. The van der Waals surface area contributed by atoms with Crippen LogP contribution in [0, 0.1) is 26.7 Å². The molecule has 0 aliphatic rings. The van der Waals surface area contributed by atoms with E-state index in [0.717, 1.165) is 11.8 Å². The minimum atomic E-state index is -3.35. The van der Waals surface area contributed by atoms with Gasteiger partial charge in [-0.05, 0) is 43.7 Å². The minimum absolute atomic E-state index is 0.119. The molecule has 10 nitrogen and oxygen atoms in total. The summed E-state index contributed by atoms with van der Waals surface area (Å²) in [6.45, 7) is 3.31. The number of oxazole rings is 1. The lowest BCUT2D eigenvalue weighted by Crippen LogP contribution is -2.15. The van der Waals surface area contributed by atoms with Crippen molar-refractivity contribution < 1.29 is 27.2 Å². The molecule has 5 rings (SSSR count). The lowest BCUT2D eigenvalue weighted by molar-refractivity contribution is 0.277. The molecule has 0 unspecified atom stereocenters. The third kappa shape index (κ3) is 4.55. The number of benzene rings is 2. The van der Waals surface area contributed by atoms with Crippen LogP contribution in [0.5, 0.6) is 5.75 Å². The number of methoxy groups -OCH3 is 1. The van der Waals surface area contributed by atoms with E-state index in [9.17, 15) is 18.3 Å². The van der Waals surface area contributed by atoms with Crippen LogP contribution < -0.4 is 10.5 Å². The summed E-state index contributed by atoms with van der Waals surface area (Å²) in [6, 6.07) is 9.86. The first-order valence-electron chi connectivity index (χ1n) is 11.3. The Bertz CT molecular complexity index is 1820. The van der Waals surface area contributed by atoms with Crippen molar-refractivity contribution in [2.24, 2.45) is 0 Å². The van der Waals surface area contributed by atoms with Crippen molar-refractivity contribution in [3.63, 3.8) is 0 Å². The molecule has 3 aromatic heterocycles. The number of rotatable bonds is 6. The van der Waals surface area contributed by atoms with Gasteiger partial charge in [0.25, 0.3) is 0 Å². The Morgan fingerprint density at radius 3 is 2.37 bits per heavy atom. The van der Waals surface area contributed by atoms with Crippen molar-refractivity contribution in [1.29, 1.82) is 0 Å². The zero-order valence-corrected chi connectivity index (χ0v) is 22.0. The van der Waals surface area contributed by atoms with E-state index < -0.39 is 22.2 Å². The Labute approximate surface area is 218 Å². The van der Waals surface area contributed by atoms with Gasteiger partial charge in [0.05, 0.1) is 41.9 Å². The molecule has 5 aromatic rings. The Balaban J connectivity index is 0.00000164. The van der Waals surface area contributed by atoms with Gasteiger partial charge in [0, 0.05) is 17.2 Å². The number of nitrogens with zero attached hydrogens (tertiary/aromatic N) is 3. The van der Waals surface area contributed by atoms with Crippen molar-refractivity contribution in [2.45, 2.75) is 31.9 Å². The Morgan fingerprint density at radius 1 is 1.13 bits per heavy atom. The summed E-state index contributed by atoms with van der Waals surface area (Å²) in [5, 5.41) is 14.6. The fraction of sp³-hybridized carbons (Fsp3) is 0.222. The van der Waals surface area contributed by atoms with Gasteiger partial charge in [-0.3, -0.25) is 4.57 Å². The largest absolute Gasteiger partial charge is 0.496 e. The summed E-state index contributed by atoms with van der Waals surface area (Å²) in [5.74, 6) is 0.510. The smallest absolute Gasteiger partial charge is 0.420 e. The molecule has 38 heavy (non-hydrogen) atoms. The zero-order valence-electron chi connectivity index (χ0n) is 21.2. The van der Waals surface area contributed by atoms with E-state index in [1.807, 2.05) is 13.0 Å². The summed E-state index contributed by atoms with van der Waals surface area (Å²) < 4.78 is 41.6. The monoisotopic (exact) mass is 535 g/mol. The molecule has 0 aliphatic carbocycles. The van der Waals surface area contributed by atoms with E-state index in [0.29, 0.717) is 44.8 Å². The van der Waals surface area contributed by atoms with Gasteiger partial charge < -0.3 is 18.8 Å². The van der Waals surface area contributed by atoms with Gasteiger partial charge in [0.1, 0.15) is 22.7 Å². The van der Waals surface area contributed by atoms with Crippen LogP contribution in [0.2, 0.25) is 0 Å². The van der Waals surface area contributed by atoms with Crippen LogP contribution >= 0.6 is 0 Å². The number of fused-ring (bicyclic) bond motifs is 3. The third-order valence-electron chi connectivity index (χ3n) is 6.13. The van der Waals surface area contributed by atoms with E-state index in [2.05, 4.69) is 23.0 Å². The molecule has 2 aromatic carbocycles. The highest BCUT2D eigenvalue weighted by Crippen LogP contribution is 2.39. The summed E-state index contributed by atoms with van der Waals surface area (Å²) >= 11 is 0. The highest BCUT2D eigenvalue weighted by atomic mass is 32.2. The maximum Gasteiger partial charge on any atom is 0.420 e. The van der Waals surface area contributed by atoms with Gasteiger partial charge >= 0.3 is 5.76 Å². The van der Waals surface area contributed by atoms with Crippen LogP contribution in [0.3, 0.4) is 0 Å². The molecule has 0 saturated carbocycles. The average Bonchev–Trinajstić information content (AvgIpc) is 3.41. The minimum Gasteiger partial charge on any atom is -0.496 e. The van der Waals surface area contributed by atoms with Gasteiger partial charge in [-0.15, -0.1) is 12.8 Å². The normalized spacial score (nSPS) is 11.4. The number of aryl methyl sites for hydroxylation is 2. The number of aromatic nitrogens is 3. The average molecular weight is 536 g/mol.